The molecule has 0 saturated heterocycles. The highest BCUT2D eigenvalue weighted by atomic mass is 35.5. The first-order valence-electron chi connectivity index (χ1n) is 3.75. The molecule has 68 valence electrons. The second-order valence-corrected chi connectivity index (χ2v) is 2.78. The molecule has 0 atom stereocenters. The predicted octanol–water partition coefficient (Wildman–Crippen LogP) is 2.88. The first-order chi connectivity index (χ1) is 6.24. The van der Waals surface area contributed by atoms with Crippen LogP contribution in [0.25, 0.3) is 0 Å². The lowest BCUT2D eigenvalue weighted by Gasteiger charge is -2.05. The van der Waals surface area contributed by atoms with E-state index in [9.17, 15) is 4.39 Å². The molecule has 0 fully saturated rings. The van der Waals surface area contributed by atoms with Crippen molar-refractivity contribution in [3.63, 3.8) is 0 Å². The molecule has 13 heavy (non-hydrogen) atoms. The molecule has 3 heteroatoms. The van der Waals surface area contributed by atoms with E-state index in [1.165, 1.54) is 18.2 Å². The van der Waals surface area contributed by atoms with Crippen LogP contribution in [0.4, 0.5) is 4.39 Å². The van der Waals surface area contributed by atoms with Crippen LogP contribution >= 0.6 is 11.6 Å². The first kappa shape index (κ1) is 9.88. The number of ether oxygens (including phenoxy) is 1. The third-order valence-corrected chi connectivity index (χ3v) is 1.69. The molecular weight excluding hydrogens is 191 g/mol. The summed E-state index contributed by atoms with van der Waals surface area (Å²) in [5.74, 6) is 2.50. The maximum atomic E-state index is 12.6. The van der Waals surface area contributed by atoms with Crippen LogP contribution in [-0.4, -0.2) is 6.61 Å². The lowest BCUT2D eigenvalue weighted by atomic mass is 10.3. The normalized spacial score (nSPS) is 9.31. The molecule has 0 spiro atoms. The third-order valence-electron chi connectivity index (χ3n) is 1.40. The average molecular weight is 199 g/mol. The van der Waals surface area contributed by atoms with Crippen molar-refractivity contribution < 1.29 is 9.13 Å². The molecule has 0 aliphatic rings. The minimum absolute atomic E-state index is 0.261. The van der Waals surface area contributed by atoms with Gasteiger partial charge in [-0.2, -0.15) is 0 Å². The quantitative estimate of drug-likeness (QED) is 0.536. The van der Waals surface area contributed by atoms with Gasteiger partial charge in [-0.25, -0.2) is 4.39 Å². The van der Waals surface area contributed by atoms with E-state index in [1.807, 2.05) is 0 Å². The molecule has 1 aromatic carbocycles. The third kappa shape index (κ3) is 2.96. The summed E-state index contributed by atoms with van der Waals surface area (Å²) in [5, 5.41) is 0.261. The molecule has 0 heterocycles. The molecular formula is C10H8ClFO. The smallest absolute Gasteiger partial charge is 0.138 e. The molecule has 1 nitrogen and oxygen atoms in total. The second kappa shape index (κ2) is 4.74. The van der Waals surface area contributed by atoms with Gasteiger partial charge in [-0.1, -0.05) is 11.6 Å². The monoisotopic (exact) mass is 198 g/mol. The maximum Gasteiger partial charge on any atom is 0.138 e. The van der Waals surface area contributed by atoms with Gasteiger partial charge in [-0.3, -0.25) is 0 Å². The number of halogens is 2. The summed E-state index contributed by atoms with van der Waals surface area (Å²) >= 11 is 5.69. The van der Waals surface area contributed by atoms with Crippen molar-refractivity contribution in [2.24, 2.45) is 0 Å². The second-order valence-electron chi connectivity index (χ2n) is 2.38. The van der Waals surface area contributed by atoms with Gasteiger partial charge in [0.25, 0.3) is 0 Å². The summed E-state index contributed by atoms with van der Waals surface area (Å²) in [6.45, 7) is 0.391. The zero-order valence-corrected chi connectivity index (χ0v) is 7.64. The van der Waals surface area contributed by atoms with Crippen molar-refractivity contribution in [3.8, 4) is 18.1 Å². The Hall–Kier alpha value is -1.20. The zero-order valence-electron chi connectivity index (χ0n) is 6.89. The van der Waals surface area contributed by atoms with Gasteiger partial charge in [0, 0.05) is 6.42 Å². The highest BCUT2D eigenvalue weighted by Crippen LogP contribution is 2.24. The number of rotatable bonds is 3. The molecule has 0 saturated carbocycles. The molecule has 0 aromatic heterocycles. The highest BCUT2D eigenvalue weighted by molar-refractivity contribution is 6.32. The largest absolute Gasteiger partial charge is 0.491 e. The molecule has 1 aromatic rings. The van der Waals surface area contributed by atoms with Gasteiger partial charge in [0.15, 0.2) is 0 Å². The van der Waals surface area contributed by atoms with Gasteiger partial charge >= 0.3 is 0 Å². The maximum absolute atomic E-state index is 12.6. The van der Waals surface area contributed by atoms with E-state index in [2.05, 4.69) is 5.92 Å². The number of terminal acetylenes is 1. The van der Waals surface area contributed by atoms with Crippen LogP contribution in [0.3, 0.4) is 0 Å². The van der Waals surface area contributed by atoms with E-state index in [1.54, 1.807) is 0 Å². The molecule has 0 radical (unpaired) electrons. The lowest BCUT2D eigenvalue weighted by Crippen LogP contribution is -1.96. The van der Waals surface area contributed by atoms with Gasteiger partial charge in [0.1, 0.15) is 11.6 Å². The van der Waals surface area contributed by atoms with E-state index >= 15 is 0 Å². The van der Waals surface area contributed by atoms with E-state index in [-0.39, 0.29) is 10.8 Å². The van der Waals surface area contributed by atoms with Crippen LogP contribution in [0.5, 0.6) is 5.75 Å². The fourth-order valence-corrected chi connectivity index (χ4v) is 1.03. The fraction of sp³-hybridized carbons (Fsp3) is 0.200. The zero-order chi connectivity index (χ0) is 9.68. The summed E-state index contributed by atoms with van der Waals surface area (Å²) in [7, 11) is 0. The summed E-state index contributed by atoms with van der Waals surface area (Å²) in [5.41, 5.74) is 0. The van der Waals surface area contributed by atoms with Gasteiger partial charge in [0.05, 0.1) is 11.6 Å². The van der Waals surface area contributed by atoms with Gasteiger partial charge in [0.2, 0.25) is 0 Å². The summed E-state index contributed by atoms with van der Waals surface area (Å²) in [4.78, 5) is 0. The SMILES string of the molecule is C#CCCOc1ccc(F)cc1Cl. The molecule has 0 N–H and O–H groups in total. The number of hydrogen-bond acceptors (Lipinski definition) is 1. The predicted molar refractivity (Wildman–Crippen MR) is 50.4 cm³/mol. The van der Waals surface area contributed by atoms with Crippen molar-refractivity contribution in [1.82, 2.24) is 0 Å². The molecule has 0 bridgehead atoms. The number of hydrogen-bond donors (Lipinski definition) is 0. The van der Waals surface area contributed by atoms with Crippen LogP contribution in [-0.2, 0) is 0 Å². The van der Waals surface area contributed by atoms with Crippen molar-refractivity contribution in [1.29, 1.82) is 0 Å². The minimum Gasteiger partial charge on any atom is -0.491 e. The fourth-order valence-electron chi connectivity index (χ4n) is 0.812. The van der Waals surface area contributed by atoms with Crippen molar-refractivity contribution in [2.45, 2.75) is 6.42 Å². The van der Waals surface area contributed by atoms with Gasteiger partial charge in [-0.15, -0.1) is 12.3 Å². The lowest BCUT2D eigenvalue weighted by molar-refractivity contribution is 0.327. The van der Waals surface area contributed by atoms with Crippen LogP contribution in [0.2, 0.25) is 5.02 Å². The van der Waals surface area contributed by atoms with Crippen LogP contribution in [0.1, 0.15) is 6.42 Å². The standard InChI is InChI=1S/C10H8ClFO/c1-2-3-6-13-10-5-4-8(12)7-9(10)11/h1,4-5,7H,3,6H2. The van der Waals surface area contributed by atoms with E-state index in [0.717, 1.165) is 0 Å². The Labute approximate surface area is 81.5 Å². The Balaban J connectivity index is 2.62. The first-order valence-corrected chi connectivity index (χ1v) is 4.13. The van der Waals surface area contributed by atoms with Crippen molar-refractivity contribution in [3.05, 3.63) is 29.0 Å². The highest BCUT2D eigenvalue weighted by Gasteiger charge is 2.01. The van der Waals surface area contributed by atoms with Crippen molar-refractivity contribution in [2.75, 3.05) is 6.61 Å². The number of benzene rings is 1. The van der Waals surface area contributed by atoms with Gasteiger partial charge in [-0.05, 0) is 18.2 Å². The van der Waals surface area contributed by atoms with Crippen molar-refractivity contribution >= 4 is 11.6 Å². The molecule has 0 unspecified atom stereocenters. The Morgan fingerprint density at radius 3 is 2.92 bits per heavy atom. The van der Waals surface area contributed by atoms with Gasteiger partial charge < -0.3 is 4.74 Å². The molecule has 0 aliphatic carbocycles. The summed E-state index contributed by atoms with van der Waals surface area (Å²) in [6, 6.07) is 3.97. The van der Waals surface area contributed by atoms with E-state index in [0.29, 0.717) is 18.8 Å². The molecule has 0 aliphatic heterocycles. The van der Waals surface area contributed by atoms with E-state index < -0.39 is 0 Å². The topological polar surface area (TPSA) is 9.23 Å². The van der Waals surface area contributed by atoms with Crippen LogP contribution in [0.15, 0.2) is 18.2 Å². The molecule has 0 amide bonds. The minimum atomic E-state index is -0.380. The average Bonchev–Trinajstić information content (AvgIpc) is 2.09. The summed E-state index contributed by atoms with van der Waals surface area (Å²) in [6.07, 6.45) is 5.54. The Morgan fingerprint density at radius 1 is 1.54 bits per heavy atom. The Bertz CT molecular complexity index is 330. The summed E-state index contributed by atoms with van der Waals surface area (Å²) < 4.78 is 17.8. The van der Waals surface area contributed by atoms with Crippen LogP contribution < -0.4 is 4.74 Å². The Morgan fingerprint density at radius 2 is 2.31 bits per heavy atom. The van der Waals surface area contributed by atoms with E-state index in [4.69, 9.17) is 22.8 Å². The Kier molecular flexibility index (Phi) is 3.60. The van der Waals surface area contributed by atoms with Crippen LogP contribution in [0, 0.1) is 18.2 Å². The molecule has 1 rings (SSSR count).